The average molecular weight is 482 g/mol. The molecule has 174 valence electrons. The fraction of sp³-hybridized carbons (Fsp3) is 0.435. The number of sulfonamides is 1. The summed E-state index contributed by atoms with van der Waals surface area (Å²) >= 11 is 6.15. The van der Waals surface area contributed by atoms with Crippen LogP contribution in [0.15, 0.2) is 47.4 Å². The highest BCUT2D eigenvalue weighted by atomic mass is 35.5. The topological polar surface area (TPSA) is 69.7 Å². The van der Waals surface area contributed by atoms with E-state index in [4.69, 9.17) is 11.6 Å². The molecule has 0 bridgehead atoms. The van der Waals surface area contributed by atoms with E-state index in [2.05, 4.69) is 9.62 Å². The Balaban J connectivity index is 1.73. The molecule has 0 aromatic heterocycles. The van der Waals surface area contributed by atoms with Crippen molar-refractivity contribution in [2.24, 2.45) is 0 Å². The molecular weight excluding hydrogens is 453 g/mol. The van der Waals surface area contributed by atoms with Gasteiger partial charge in [-0.2, -0.15) is 0 Å². The van der Waals surface area contributed by atoms with Crippen LogP contribution in [-0.4, -0.2) is 55.8 Å². The normalized spacial score (nSPS) is 16.1. The smallest absolute Gasteiger partial charge is 0.253 e. The Hall–Kier alpha value is -2.00. The Kier molecular flexibility index (Phi) is 7.60. The maximum atomic E-state index is 14.0. The van der Waals surface area contributed by atoms with Gasteiger partial charge >= 0.3 is 0 Å². The van der Waals surface area contributed by atoms with Gasteiger partial charge in [-0.3, -0.25) is 9.69 Å². The number of benzene rings is 2. The van der Waals surface area contributed by atoms with Gasteiger partial charge in [-0.15, -0.1) is 0 Å². The van der Waals surface area contributed by atoms with Crippen molar-refractivity contribution in [2.75, 3.05) is 26.2 Å². The first-order valence-electron chi connectivity index (χ1n) is 10.5. The molecule has 1 aliphatic rings. The van der Waals surface area contributed by atoms with Crippen molar-refractivity contribution in [3.05, 3.63) is 64.4 Å². The third-order valence-corrected chi connectivity index (χ3v) is 7.38. The summed E-state index contributed by atoms with van der Waals surface area (Å²) in [6.45, 7) is 8.04. The maximum absolute atomic E-state index is 14.0. The lowest BCUT2D eigenvalue weighted by molar-refractivity contribution is 0.0760. The predicted molar refractivity (Wildman–Crippen MR) is 124 cm³/mol. The lowest BCUT2D eigenvalue weighted by Gasteiger charge is -2.23. The molecule has 0 atom stereocenters. The standard InChI is InChI=1S/C23H29ClFN3O3S/c1-23(2,3)26-32(30,31)21-15-17(9-10-19(21)24)22(29)28-12-6-11-27(13-14-28)16-18-7-4-5-8-20(18)25/h4-5,7-10,15,26H,6,11-14,16H2,1-3H3. The first-order valence-corrected chi connectivity index (χ1v) is 12.4. The third kappa shape index (κ3) is 6.28. The quantitative estimate of drug-likeness (QED) is 0.703. The second-order valence-electron chi connectivity index (χ2n) is 9.01. The second-order valence-corrected chi connectivity index (χ2v) is 11.1. The summed E-state index contributed by atoms with van der Waals surface area (Å²) in [5.74, 6) is -0.481. The summed E-state index contributed by atoms with van der Waals surface area (Å²) in [5.41, 5.74) is 0.215. The SMILES string of the molecule is CC(C)(C)NS(=O)(=O)c1cc(C(=O)N2CCCN(Cc3ccccc3F)CC2)ccc1Cl. The summed E-state index contributed by atoms with van der Waals surface area (Å²) in [6, 6.07) is 11.0. The number of carbonyl (C=O) groups is 1. The van der Waals surface area contributed by atoms with Gasteiger partial charge < -0.3 is 4.90 Å². The van der Waals surface area contributed by atoms with E-state index in [9.17, 15) is 17.6 Å². The maximum Gasteiger partial charge on any atom is 0.253 e. The van der Waals surface area contributed by atoms with Crippen LogP contribution in [0.3, 0.4) is 0 Å². The van der Waals surface area contributed by atoms with Gasteiger partial charge in [0.15, 0.2) is 0 Å². The Morgan fingerprint density at radius 1 is 1.09 bits per heavy atom. The number of rotatable bonds is 5. The van der Waals surface area contributed by atoms with Crippen molar-refractivity contribution in [1.29, 1.82) is 0 Å². The molecular formula is C23H29ClFN3O3S. The molecule has 32 heavy (non-hydrogen) atoms. The third-order valence-electron chi connectivity index (χ3n) is 5.14. The molecule has 1 N–H and O–H groups in total. The summed E-state index contributed by atoms with van der Waals surface area (Å²) in [7, 11) is -3.89. The zero-order valence-corrected chi connectivity index (χ0v) is 20.1. The molecule has 3 rings (SSSR count). The molecule has 0 radical (unpaired) electrons. The molecule has 1 saturated heterocycles. The minimum Gasteiger partial charge on any atom is -0.337 e. The van der Waals surface area contributed by atoms with E-state index in [0.29, 0.717) is 31.7 Å². The summed E-state index contributed by atoms with van der Waals surface area (Å²) in [6.07, 6.45) is 0.741. The van der Waals surface area contributed by atoms with E-state index in [-0.39, 0.29) is 27.2 Å². The highest BCUT2D eigenvalue weighted by Crippen LogP contribution is 2.25. The van der Waals surface area contributed by atoms with Crippen molar-refractivity contribution in [2.45, 2.75) is 44.2 Å². The van der Waals surface area contributed by atoms with Crippen LogP contribution >= 0.6 is 11.6 Å². The van der Waals surface area contributed by atoms with Gasteiger partial charge in [-0.05, 0) is 51.5 Å². The van der Waals surface area contributed by atoms with Crippen molar-refractivity contribution >= 4 is 27.5 Å². The fourth-order valence-electron chi connectivity index (χ4n) is 3.68. The molecule has 1 aliphatic heterocycles. The average Bonchev–Trinajstić information content (AvgIpc) is 2.93. The van der Waals surface area contributed by atoms with Gasteiger partial charge in [0.05, 0.1) is 5.02 Å². The molecule has 0 unspecified atom stereocenters. The van der Waals surface area contributed by atoms with Crippen LogP contribution in [0.4, 0.5) is 4.39 Å². The van der Waals surface area contributed by atoms with Crippen LogP contribution in [0.1, 0.15) is 43.1 Å². The Bertz CT molecular complexity index is 1090. The lowest BCUT2D eigenvalue weighted by atomic mass is 10.1. The van der Waals surface area contributed by atoms with E-state index in [0.717, 1.165) is 13.0 Å². The molecule has 9 heteroatoms. The van der Waals surface area contributed by atoms with Crippen LogP contribution in [0.2, 0.25) is 5.02 Å². The van der Waals surface area contributed by atoms with Crippen LogP contribution in [0.25, 0.3) is 0 Å². The minimum atomic E-state index is -3.89. The lowest BCUT2D eigenvalue weighted by Crippen LogP contribution is -2.40. The van der Waals surface area contributed by atoms with E-state index in [1.54, 1.807) is 43.9 Å². The largest absolute Gasteiger partial charge is 0.337 e. The summed E-state index contributed by atoms with van der Waals surface area (Å²) in [5, 5.41) is 0.0604. The summed E-state index contributed by atoms with van der Waals surface area (Å²) in [4.78, 5) is 16.8. The Morgan fingerprint density at radius 3 is 2.50 bits per heavy atom. The molecule has 2 aromatic rings. The molecule has 0 aliphatic carbocycles. The van der Waals surface area contributed by atoms with Crippen molar-refractivity contribution in [1.82, 2.24) is 14.5 Å². The predicted octanol–water partition coefficient (Wildman–Crippen LogP) is 3.90. The number of amides is 1. The minimum absolute atomic E-state index is 0.0604. The van der Waals surface area contributed by atoms with Crippen LogP contribution in [0, 0.1) is 5.82 Å². The number of hydrogen-bond donors (Lipinski definition) is 1. The van der Waals surface area contributed by atoms with Gasteiger partial charge in [0.1, 0.15) is 10.7 Å². The Labute approximate surface area is 194 Å². The number of nitrogens with zero attached hydrogens (tertiary/aromatic N) is 2. The molecule has 6 nitrogen and oxygen atoms in total. The van der Waals surface area contributed by atoms with Gasteiger partial charge in [0.25, 0.3) is 5.91 Å². The molecule has 0 saturated carbocycles. The second kappa shape index (κ2) is 9.87. The zero-order chi connectivity index (χ0) is 23.5. The highest BCUT2D eigenvalue weighted by molar-refractivity contribution is 7.89. The van der Waals surface area contributed by atoms with Crippen LogP contribution in [0.5, 0.6) is 0 Å². The molecule has 1 amide bonds. The monoisotopic (exact) mass is 481 g/mol. The molecule has 2 aromatic carbocycles. The number of hydrogen-bond acceptors (Lipinski definition) is 4. The van der Waals surface area contributed by atoms with Crippen molar-refractivity contribution in [3.63, 3.8) is 0 Å². The van der Waals surface area contributed by atoms with Gasteiger partial charge in [-0.25, -0.2) is 17.5 Å². The van der Waals surface area contributed by atoms with Gasteiger partial charge in [0.2, 0.25) is 10.0 Å². The number of carbonyl (C=O) groups excluding carboxylic acids is 1. The molecule has 0 spiro atoms. The fourth-order valence-corrected chi connectivity index (χ4v) is 5.63. The van der Waals surface area contributed by atoms with Crippen LogP contribution < -0.4 is 4.72 Å². The van der Waals surface area contributed by atoms with E-state index in [1.165, 1.54) is 18.2 Å². The van der Waals surface area contributed by atoms with Crippen LogP contribution in [-0.2, 0) is 16.6 Å². The summed E-state index contributed by atoms with van der Waals surface area (Å²) < 4.78 is 42.1. The van der Waals surface area contributed by atoms with Crippen molar-refractivity contribution in [3.8, 4) is 0 Å². The first-order chi connectivity index (χ1) is 15.0. The van der Waals surface area contributed by atoms with Gasteiger partial charge in [-0.1, -0.05) is 29.8 Å². The zero-order valence-electron chi connectivity index (χ0n) is 18.6. The van der Waals surface area contributed by atoms with Crippen molar-refractivity contribution < 1.29 is 17.6 Å². The Morgan fingerprint density at radius 2 is 1.81 bits per heavy atom. The first kappa shape index (κ1) is 24.6. The van der Waals surface area contributed by atoms with E-state index >= 15 is 0 Å². The van der Waals surface area contributed by atoms with Gasteiger partial charge in [0, 0.05) is 49.4 Å². The molecule has 1 heterocycles. The van der Waals surface area contributed by atoms with E-state index in [1.807, 2.05) is 6.07 Å². The molecule has 1 fully saturated rings. The highest BCUT2D eigenvalue weighted by Gasteiger charge is 2.27. The number of halogens is 2. The van der Waals surface area contributed by atoms with E-state index < -0.39 is 15.6 Å². The number of nitrogens with one attached hydrogen (secondary N) is 1.